The van der Waals surface area contributed by atoms with E-state index in [0.717, 1.165) is 19.4 Å². The number of alkyl halides is 1. The summed E-state index contributed by atoms with van der Waals surface area (Å²) >= 11 is 0. The van der Waals surface area contributed by atoms with E-state index in [1.54, 1.807) is 0 Å². The Morgan fingerprint density at radius 1 is 1.42 bits per heavy atom. The minimum Gasteiger partial charge on any atom is -0.378 e. The van der Waals surface area contributed by atoms with Crippen LogP contribution in [0.5, 0.6) is 0 Å². The molecule has 12 heavy (non-hydrogen) atoms. The third kappa shape index (κ3) is 2.40. The molecule has 0 unspecified atom stereocenters. The van der Waals surface area contributed by atoms with Gasteiger partial charge in [-0.25, -0.2) is 4.39 Å². The van der Waals surface area contributed by atoms with E-state index in [1.165, 1.54) is 0 Å². The van der Waals surface area contributed by atoms with Gasteiger partial charge < -0.3 is 16.2 Å². The molecule has 0 spiro atoms. The van der Waals surface area contributed by atoms with Crippen molar-refractivity contribution in [1.29, 1.82) is 0 Å². The predicted molar refractivity (Wildman–Crippen MR) is 45.5 cm³/mol. The summed E-state index contributed by atoms with van der Waals surface area (Å²) in [4.78, 5) is 0. The molecule has 0 bridgehead atoms. The summed E-state index contributed by atoms with van der Waals surface area (Å²) in [5.41, 5.74) is 9.15. The van der Waals surface area contributed by atoms with Crippen molar-refractivity contribution in [3.63, 3.8) is 0 Å². The van der Waals surface area contributed by atoms with Gasteiger partial charge in [0.15, 0.2) is 0 Å². The van der Waals surface area contributed by atoms with Crippen LogP contribution in [0.25, 0.3) is 0 Å². The Bertz CT molecular complexity index is 133. The van der Waals surface area contributed by atoms with Gasteiger partial charge in [-0.3, -0.25) is 0 Å². The molecule has 1 atom stereocenters. The van der Waals surface area contributed by atoms with Crippen molar-refractivity contribution in [1.82, 2.24) is 0 Å². The van der Waals surface area contributed by atoms with Crippen LogP contribution < -0.4 is 11.5 Å². The zero-order valence-electron chi connectivity index (χ0n) is 7.26. The average molecular weight is 176 g/mol. The number of ether oxygens (including phenoxy) is 1. The van der Waals surface area contributed by atoms with Gasteiger partial charge in [0.05, 0.1) is 6.10 Å². The zero-order valence-corrected chi connectivity index (χ0v) is 7.26. The molecular weight excluding hydrogens is 159 g/mol. The lowest BCUT2D eigenvalue weighted by Crippen LogP contribution is -2.43. The van der Waals surface area contributed by atoms with Crippen LogP contribution in [0.4, 0.5) is 4.39 Å². The normalized spacial score (nSPS) is 24.8. The number of hydrogen-bond acceptors (Lipinski definition) is 3. The molecule has 0 aliphatic carbocycles. The summed E-state index contributed by atoms with van der Waals surface area (Å²) in [6, 6.07) is 0. The Kier molecular flexibility index (Phi) is 3.43. The molecule has 0 aromatic rings. The molecule has 0 radical (unpaired) electrons. The lowest BCUT2D eigenvalue weighted by molar-refractivity contribution is 0.0465. The molecule has 1 rings (SSSR count). The quantitative estimate of drug-likeness (QED) is 0.642. The molecule has 3 nitrogen and oxygen atoms in total. The summed E-state index contributed by atoms with van der Waals surface area (Å²) in [5.74, 6) is 0. The van der Waals surface area contributed by atoms with E-state index < -0.39 is 5.67 Å². The topological polar surface area (TPSA) is 61.3 Å². The Morgan fingerprint density at radius 3 is 2.50 bits per heavy atom. The second kappa shape index (κ2) is 4.16. The summed E-state index contributed by atoms with van der Waals surface area (Å²) in [6.45, 7) is 0.725. The van der Waals surface area contributed by atoms with Crippen molar-refractivity contribution < 1.29 is 9.13 Å². The van der Waals surface area contributed by atoms with Crippen LogP contribution in [0.15, 0.2) is 0 Å². The molecule has 0 amide bonds. The molecule has 1 heterocycles. The molecule has 1 fully saturated rings. The molecule has 4 N–H and O–H groups in total. The fourth-order valence-corrected chi connectivity index (χ4v) is 1.46. The van der Waals surface area contributed by atoms with E-state index in [4.69, 9.17) is 16.2 Å². The molecule has 1 aliphatic heterocycles. The first-order chi connectivity index (χ1) is 5.70. The lowest BCUT2D eigenvalue weighted by atomic mass is 9.97. The summed E-state index contributed by atoms with van der Waals surface area (Å²) in [6.07, 6.45) is 2.34. The number of hydrogen-bond donors (Lipinski definition) is 2. The Morgan fingerprint density at radius 2 is 2.08 bits per heavy atom. The molecular formula is C8H17FN2O. The third-order valence-electron chi connectivity index (χ3n) is 2.35. The van der Waals surface area contributed by atoms with E-state index in [9.17, 15) is 4.39 Å². The standard InChI is InChI=1S/C8H17FN2O/c9-8(5-10,6-11)4-7-2-1-3-12-7/h7H,1-6,10-11H2/t7-/m1/s1. The van der Waals surface area contributed by atoms with Gasteiger partial charge in [0.2, 0.25) is 0 Å². The fourth-order valence-electron chi connectivity index (χ4n) is 1.46. The smallest absolute Gasteiger partial charge is 0.137 e. The highest BCUT2D eigenvalue weighted by Gasteiger charge is 2.31. The number of rotatable bonds is 4. The second-order valence-electron chi connectivity index (χ2n) is 3.40. The van der Waals surface area contributed by atoms with Crippen LogP contribution in [-0.2, 0) is 4.74 Å². The van der Waals surface area contributed by atoms with E-state index >= 15 is 0 Å². The van der Waals surface area contributed by atoms with E-state index in [0.29, 0.717) is 6.42 Å². The fraction of sp³-hybridized carbons (Fsp3) is 1.00. The van der Waals surface area contributed by atoms with Crippen molar-refractivity contribution in [2.45, 2.75) is 31.0 Å². The molecule has 1 saturated heterocycles. The van der Waals surface area contributed by atoms with E-state index in [1.807, 2.05) is 0 Å². The van der Waals surface area contributed by atoms with E-state index in [2.05, 4.69) is 0 Å². The number of halogens is 1. The third-order valence-corrected chi connectivity index (χ3v) is 2.35. The summed E-state index contributed by atoms with van der Waals surface area (Å²) in [7, 11) is 0. The first-order valence-corrected chi connectivity index (χ1v) is 4.41. The molecule has 0 aromatic carbocycles. The molecule has 72 valence electrons. The van der Waals surface area contributed by atoms with Crippen LogP contribution >= 0.6 is 0 Å². The monoisotopic (exact) mass is 176 g/mol. The van der Waals surface area contributed by atoms with Gasteiger partial charge >= 0.3 is 0 Å². The highest BCUT2D eigenvalue weighted by atomic mass is 19.1. The maximum atomic E-state index is 13.6. The highest BCUT2D eigenvalue weighted by molar-refractivity contribution is 4.85. The largest absolute Gasteiger partial charge is 0.378 e. The molecule has 1 aliphatic rings. The highest BCUT2D eigenvalue weighted by Crippen LogP contribution is 2.23. The summed E-state index contributed by atoms with van der Waals surface area (Å²) in [5, 5.41) is 0. The van der Waals surface area contributed by atoms with Crippen LogP contribution in [0.2, 0.25) is 0 Å². The van der Waals surface area contributed by atoms with Crippen molar-refractivity contribution in [3.05, 3.63) is 0 Å². The Hall–Kier alpha value is -0.190. The minimum atomic E-state index is -1.42. The average Bonchev–Trinajstić information content (AvgIpc) is 2.57. The predicted octanol–water partition coefficient (Wildman–Crippen LogP) is 0.181. The molecule has 4 heteroatoms. The first kappa shape index (κ1) is 9.89. The second-order valence-corrected chi connectivity index (χ2v) is 3.40. The molecule has 0 aromatic heterocycles. The van der Waals surface area contributed by atoms with Gasteiger partial charge in [0.1, 0.15) is 5.67 Å². The zero-order chi connectivity index (χ0) is 9.03. The Balaban J connectivity index is 2.35. The Labute approximate surface area is 72.2 Å². The first-order valence-electron chi connectivity index (χ1n) is 4.41. The van der Waals surface area contributed by atoms with Gasteiger partial charge in [-0.1, -0.05) is 0 Å². The van der Waals surface area contributed by atoms with Crippen molar-refractivity contribution in [2.75, 3.05) is 19.7 Å². The van der Waals surface area contributed by atoms with Gasteiger partial charge in [-0.05, 0) is 12.8 Å². The molecule has 0 saturated carbocycles. The maximum Gasteiger partial charge on any atom is 0.137 e. The number of nitrogens with two attached hydrogens (primary N) is 2. The van der Waals surface area contributed by atoms with Crippen LogP contribution in [-0.4, -0.2) is 31.5 Å². The van der Waals surface area contributed by atoms with Gasteiger partial charge in [0, 0.05) is 26.1 Å². The van der Waals surface area contributed by atoms with Gasteiger partial charge in [-0.2, -0.15) is 0 Å². The van der Waals surface area contributed by atoms with Crippen LogP contribution in [0.3, 0.4) is 0 Å². The van der Waals surface area contributed by atoms with Crippen LogP contribution in [0.1, 0.15) is 19.3 Å². The van der Waals surface area contributed by atoms with E-state index in [-0.39, 0.29) is 19.2 Å². The van der Waals surface area contributed by atoms with Crippen LogP contribution in [0, 0.1) is 0 Å². The van der Waals surface area contributed by atoms with Crippen molar-refractivity contribution >= 4 is 0 Å². The van der Waals surface area contributed by atoms with Crippen molar-refractivity contribution in [2.24, 2.45) is 11.5 Å². The van der Waals surface area contributed by atoms with Gasteiger partial charge in [0.25, 0.3) is 0 Å². The van der Waals surface area contributed by atoms with Crippen molar-refractivity contribution in [3.8, 4) is 0 Å². The summed E-state index contributed by atoms with van der Waals surface area (Å²) < 4.78 is 18.9. The van der Waals surface area contributed by atoms with Gasteiger partial charge in [-0.15, -0.1) is 0 Å². The SMILES string of the molecule is NCC(F)(CN)C[C@H]1CCCO1. The maximum absolute atomic E-state index is 13.6. The lowest BCUT2D eigenvalue weighted by Gasteiger charge is -2.24. The minimum absolute atomic E-state index is 0.0106.